The summed E-state index contributed by atoms with van der Waals surface area (Å²) in [7, 11) is 1.29. The molecular weight excluding hydrogens is 689 g/mol. The molecule has 6 rings (SSSR count). The van der Waals surface area contributed by atoms with Crippen LogP contribution >= 0.6 is 0 Å². The van der Waals surface area contributed by atoms with Crippen molar-refractivity contribution in [1.82, 2.24) is 19.4 Å². The number of fused-ring (bicyclic) bond motifs is 2. The number of aromatic nitrogens is 2. The molecule has 0 unspecified atom stereocenters. The lowest BCUT2D eigenvalue weighted by molar-refractivity contribution is 0.0619. The molecule has 3 heterocycles. The highest BCUT2D eigenvalue weighted by atomic mass is 28.4. The first-order valence-electron chi connectivity index (χ1n) is 18.0. The van der Waals surface area contributed by atoms with Crippen molar-refractivity contribution in [2.75, 3.05) is 53.6 Å². The number of nitrogens with zero attached hydrogens (tertiary/aromatic N) is 4. The summed E-state index contributed by atoms with van der Waals surface area (Å²) < 4.78 is 19.0. The van der Waals surface area contributed by atoms with Crippen molar-refractivity contribution in [2.24, 2.45) is 0 Å². The number of para-hydroxylation sites is 1. The van der Waals surface area contributed by atoms with Crippen LogP contribution in [0.4, 0.5) is 0 Å². The highest BCUT2D eigenvalue weighted by molar-refractivity contribution is 6.74. The predicted molar refractivity (Wildman–Crippen MR) is 211 cm³/mol. The van der Waals surface area contributed by atoms with E-state index >= 15 is 0 Å². The van der Waals surface area contributed by atoms with Gasteiger partial charge in [-0.2, -0.15) is 0 Å². The Labute approximate surface area is 311 Å². The van der Waals surface area contributed by atoms with Crippen molar-refractivity contribution in [2.45, 2.75) is 52.1 Å². The average molecular weight is 739 g/mol. The standard InChI is InChI=1S/C41H50N4O7Si/c1-41(2,3)53(6,7)52-19-18-43-14-16-44(17-15-43)40(49)32-24-38(48)45(34-11-9-8-10-30(32)34)37-22-27(12-13-42-37)39-31-23-36(51-5)35(50-4)21-28(31)20-29(25-46)33(39)26-47/h8-13,20-24,46-47H,14-19,25-26H2,1-7H3. The Morgan fingerprint density at radius 2 is 1.58 bits per heavy atom. The van der Waals surface area contributed by atoms with E-state index in [-0.39, 0.29) is 29.7 Å². The minimum atomic E-state index is -1.83. The fraction of sp³-hybridized carbons (Fsp3) is 0.390. The Kier molecular flexibility index (Phi) is 11.1. The number of hydrogen-bond donors (Lipinski definition) is 2. The lowest BCUT2D eigenvalue weighted by Gasteiger charge is -2.38. The molecule has 0 saturated carbocycles. The zero-order valence-corrected chi connectivity index (χ0v) is 32.7. The van der Waals surface area contributed by atoms with Crippen LogP contribution in [0.25, 0.3) is 38.6 Å². The van der Waals surface area contributed by atoms with Gasteiger partial charge in [0.25, 0.3) is 11.5 Å². The number of rotatable bonds is 11. The van der Waals surface area contributed by atoms with Crippen molar-refractivity contribution in [3.63, 3.8) is 0 Å². The molecule has 53 heavy (non-hydrogen) atoms. The van der Waals surface area contributed by atoms with E-state index < -0.39 is 8.32 Å². The van der Waals surface area contributed by atoms with Gasteiger partial charge in [0, 0.05) is 57.0 Å². The van der Waals surface area contributed by atoms with Gasteiger partial charge in [-0.3, -0.25) is 19.1 Å². The Balaban J connectivity index is 1.33. The van der Waals surface area contributed by atoms with Gasteiger partial charge in [0.15, 0.2) is 19.8 Å². The third-order valence-electron chi connectivity index (χ3n) is 10.9. The molecule has 3 aromatic carbocycles. The van der Waals surface area contributed by atoms with Gasteiger partial charge >= 0.3 is 0 Å². The summed E-state index contributed by atoms with van der Waals surface area (Å²) in [5.41, 5.74) is 2.98. The van der Waals surface area contributed by atoms with E-state index in [1.807, 2.05) is 47.4 Å². The van der Waals surface area contributed by atoms with Crippen LogP contribution in [0.3, 0.4) is 0 Å². The maximum absolute atomic E-state index is 14.0. The maximum Gasteiger partial charge on any atom is 0.257 e. The van der Waals surface area contributed by atoms with E-state index in [1.54, 1.807) is 32.5 Å². The SMILES string of the molecule is COc1cc2cc(CO)c(CO)c(-c3ccnc(-n4c(=O)cc(C(=O)N5CCN(CCO[Si](C)(C)C(C)(C)C)CC5)c5ccccc54)c3)c2cc1OC. The third-order valence-corrected chi connectivity index (χ3v) is 15.5. The van der Waals surface area contributed by atoms with Crippen LogP contribution in [0.2, 0.25) is 18.1 Å². The molecule has 280 valence electrons. The molecule has 0 atom stereocenters. The molecule has 1 fully saturated rings. The van der Waals surface area contributed by atoms with Gasteiger partial charge in [0.05, 0.1) is 38.5 Å². The number of carbonyl (C=O) groups is 1. The summed E-state index contributed by atoms with van der Waals surface area (Å²) >= 11 is 0. The van der Waals surface area contributed by atoms with Gasteiger partial charge in [0.2, 0.25) is 0 Å². The number of ether oxygens (including phenoxy) is 2. The first-order chi connectivity index (χ1) is 25.3. The van der Waals surface area contributed by atoms with Crippen LogP contribution in [0, 0.1) is 0 Å². The van der Waals surface area contributed by atoms with E-state index in [9.17, 15) is 19.8 Å². The maximum atomic E-state index is 14.0. The number of pyridine rings is 2. The van der Waals surface area contributed by atoms with E-state index in [1.165, 1.54) is 10.6 Å². The second kappa shape index (κ2) is 15.4. The highest BCUT2D eigenvalue weighted by Crippen LogP contribution is 2.41. The van der Waals surface area contributed by atoms with E-state index in [2.05, 4.69) is 43.7 Å². The van der Waals surface area contributed by atoms with Crippen LogP contribution < -0.4 is 15.0 Å². The molecule has 2 N–H and O–H groups in total. The smallest absolute Gasteiger partial charge is 0.257 e. The molecule has 5 aromatic rings. The third kappa shape index (κ3) is 7.47. The Bertz CT molecular complexity index is 2200. The average Bonchev–Trinajstić information content (AvgIpc) is 3.15. The van der Waals surface area contributed by atoms with Crippen molar-refractivity contribution >= 4 is 35.9 Å². The van der Waals surface area contributed by atoms with E-state index in [0.717, 1.165) is 30.4 Å². The molecule has 0 aliphatic carbocycles. The number of amides is 1. The monoisotopic (exact) mass is 738 g/mol. The van der Waals surface area contributed by atoms with Gasteiger partial charge in [-0.25, -0.2) is 4.98 Å². The second-order valence-electron chi connectivity index (χ2n) is 15.0. The number of aliphatic hydroxyl groups excluding tert-OH is 2. The van der Waals surface area contributed by atoms with Gasteiger partial charge < -0.3 is 29.0 Å². The fourth-order valence-corrected chi connectivity index (χ4v) is 7.90. The molecule has 12 heteroatoms. The lowest BCUT2D eigenvalue weighted by Crippen LogP contribution is -2.50. The van der Waals surface area contributed by atoms with Crippen LogP contribution in [-0.2, 0) is 17.6 Å². The molecule has 1 aliphatic heterocycles. The van der Waals surface area contributed by atoms with Gasteiger partial charge in [-0.15, -0.1) is 0 Å². The minimum absolute atomic E-state index is 0.155. The molecule has 0 radical (unpaired) electrons. The summed E-state index contributed by atoms with van der Waals surface area (Å²) in [4.78, 5) is 36.8. The highest BCUT2D eigenvalue weighted by Gasteiger charge is 2.37. The number of piperazine rings is 1. The minimum Gasteiger partial charge on any atom is -0.493 e. The molecule has 1 saturated heterocycles. The molecule has 11 nitrogen and oxygen atoms in total. The summed E-state index contributed by atoms with van der Waals surface area (Å²) in [6.07, 6.45) is 1.61. The summed E-state index contributed by atoms with van der Waals surface area (Å²) in [6, 6.07) is 17.9. The Morgan fingerprint density at radius 3 is 2.25 bits per heavy atom. The molecule has 1 amide bonds. The summed E-state index contributed by atoms with van der Waals surface area (Å²) in [6.45, 7) is 14.7. The predicted octanol–water partition coefficient (Wildman–Crippen LogP) is 5.99. The molecule has 1 aliphatic rings. The Hall–Kier alpha value is -4.59. The number of methoxy groups -OCH3 is 2. The van der Waals surface area contributed by atoms with Gasteiger partial charge in [0.1, 0.15) is 5.82 Å². The topological polar surface area (TPSA) is 127 Å². The number of carbonyl (C=O) groups excluding carboxylic acids is 1. The van der Waals surface area contributed by atoms with Gasteiger partial charge in [-0.05, 0) is 87.6 Å². The van der Waals surface area contributed by atoms with Crippen molar-refractivity contribution in [1.29, 1.82) is 0 Å². The quantitative estimate of drug-likeness (QED) is 0.157. The lowest BCUT2D eigenvalue weighted by atomic mass is 9.90. The zero-order chi connectivity index (χ0) is 38.1. The van der Waals surface area contributed by atoms with Crippen molar-refractivity contribution < 1.29 is 28.9 Å². The van der Waals surface area contributed by atoms with E-state index in [0.29, 0.717) is 75.7 Å². The molecular formula is C41H50N4O7Si. The first-order valence-corrected chi connectivity index (χ1v) is 20.9. The summed E-state index contributed by atoms with van der Waals surface area (Å²) in [5, 5.41) is 23.2. The van der Waals surface area contributed by atoms with Crippen LogP contribution in [0.15, 0.2) is 71.7 Å². The zero-order valence-electron chi connectivity index (χ0n) is 31.7. The van der Waals surface area contributed by atoms with Gasteiger partial charge in [-0.1, -0.05) is 39.0 Å². The largest absolute Gasteiger partial charge is 0.493 e. The molecule has 2 aromatic heterocycles. The first kappa shape index (κ1) is 38.1. The Morgan fingerprint density at radius 1 is 0.887 bits per heavy atom. The number of benzene rings is 3. The second-order valence-corrected chi connectivity index (χ2v) is 19.8. The normalized spacial score (nSPS) is 14.2. The van der Waals surface area contributed by atoms with Crippen LogP contribution in [0.1, 0.15) is 42.3 Å². The summed E-state index contributed by atoms with van der Waals surface area (Å²) in [5.74, 6) is 1.22. The van der Waals surface area contributed by atoms with Crippen LogP contribution in [-0.4, -0.2) is 97.3 Å². The number of hydrogen-bond acceptors (Lipinski definition) is 9. The van der Waals surface area contributed by atoms with E-state index in [4.69, 9.17) is 13.9 Å². The molecule has 0 bridgehead atoms. The fourth-order valence-electron chi connectivity index (χ4n) is 6.86. The van der Waals surface area contributed by atoms with Crippen molar-refractivity contribution in [3.05, 3.63) is 93.9 Å². The number of aliphatic hydroxyl groups is 2. The van der Waals surface area contributed by atoms with Crippen molar-refractivity contribution in [3.8, 4) is 28.4 Å². The van der Waals surface area contributed by atoms with Crippen LogP contribution in [0.5, 0.6) is 11.5 Å². The molecule has 0 spiro atoms.